The molecule has 4 rings (SSSR count). The number of rotatable bonds is 4. The lowest BCUT2D eigenvalue weighted by Gasteiger charge is -2.57. The molecular formula is C27H32O5. The average molecular weight is 437 g/mol. The molecule has 0 heterocycles. The molecule has 0 aliphatic heterocycles. The predicted octanol–water partition coefficient (Wildman–Crippen LogP) is 5.31. The van der Waals surface area contributed by atoms with Gasteiger partial charge in [-0.2, -0.15) is 0 Å². The van der Waals surface area contributed by atoms with E-state index in [1.54, 1.807) is 6.07 Å². The van der Waals surface area contributed by atoms with Crippen molar-refractivity contribution < 1.29 is 24.2 Å². The number of Topliss-reactive ketones (excluding diaryl/α,β-unsaturated/α-hetero) is 1. The van der Waals surface area contributed by atoms with Crippen LogP contribution >= 0.6 is 0 Å². The van der Waals surface area contributed by atoms with Gasteiger partial charge in [-0.1, -0.05) is 37.6 Å². The summed E-state index contributed by atoms with van der Waals surface area (Å²) in [7, 11) is 1.40. The summed E-state index contributed by atoms with van der Waals surface area (Å²) in [5, 5.41) is 10.1. The maximum Gasteiger partial charge on any atom is 0.309 e. The fraction of sp³-hybridized carbons (Fsp3) is 0.519. The maximum atomic E-state index is 13.2. The van der Waals surface area contributed by atoms with Gasteiger partial charge in [-0.3, -0.25) is 14.4 Å². The van der Waals surface area contributed by atoms with Gasteiger partial charge in [0, 0.05) is 17.2 Å². The van der Waals surface area contributed by atoms with Crippen LogP contribution in [0.4, 0.5) is 0 Å². The molecule has 5 nitrogen and oxygen atoms in total. The highest BCUT2D eigenvalue weighted by molar-refractivity contribution is 6.24. The lowest BCUT2D eigenvalue weighted by molar-refractivity contribution is -0.164. The van der Waals surface area contributed by atoms with E-state index in [4.69, 9.17) is 4.74 Å². The van der Waals surface area contributed by atoms with E-state index in [2.05, 4.69) is 13.5 Å². The molecule has 2 fully saturated rings. The van der Waals surface area contributed by atoms with Crippen molar-refractivity contribution in [2.24, 2.45) is 22.7 Å². The molecular weight excluding hydrogens is 404 g/mol. The van der Waals surface area contributed by atoms with Gasteiger partial charge in [0.2, 0.25) is 5.78 Å². The number of hydrogen-bond donors (Lipinski definition) is 1. The molecule has 1 aromatic carbocycles. The number of aryl methyl sites for hydroxylation is 1. The smallest absolute Gasteiger partial charge is 0.309 e. The molecule has 2 saturated carbocycles. The Morgan fingerprint density at radius 1 is 1.25 bits per heavy atom. The van der Waals surface area contributed by atoms with Gasteiger partial charge < -0.3 is 9.84 Å². The number of carboxylic acid groups (broad SMARTS) is 1. The Labute approximate surface area is 189 Å². The Bertz CT molecular complexity index is 1060. The van der Waals surface area contributed by atoms with Crippen molar-refractivity contribution >= 4 is 17.5 Å². The lowest BCUT2D eigenvalue weighted by atomic mass is 9.46. The minimum absolute atomic E-state index is 0.0448. The Kier molecular flexibility index (Phi) is 5.43. The molecule has 170 valence electrons. The second kappa shape index (κ2) is 7.72. The van der Waals surface area contributed by atoms with Crippen LogP contribution in [0.25, 0.3) is 0 Å². The summed E-state index contributed by atoms with van der Waals surface area (Å²) >= 11 is 0. The zero-order valence-electron chi connectivity index (χ0n) is 19.4. The Balaban J connectivity index is 1.81. The molecule has 0 saturated heterocycles. The highest BCUT2D eigenvalue weighted by Crippen LogP contribution is 2.61. The highest BCUT2D eigenvalue weighted by atomic mass is 16.5. The maximum absolute atomic E-state index is 13.2. The van der Waals surface area contributed by atoms with E-state index in [1.807, 2.05) is 19.9 Å². The molecule has 32 heavy (non-hydrogen) atoms. The molecule has 1 unspecified atom stereocenters. The minimum atomic E-state index is -0.755. The zero-order valence-corrected chi connectivity index (χ0v) is 19.4. The summed E-state index contributed by atoms with van der Waals surface area (Å²) in [6.07, 6.45) is 5.95. The molecule has 4 atom stereocenters. The number of carboxylic acids is 1. The molecule has 3 aliphatic rings. The van der Waals surface area contributed by atoms with Crippen LogP contribution in [0.15, 0.2) is 36.1 Å². The number of fused-ring (bicyclic) bond motifs is 2. The summed E-state index contributed by atoms with van der Waals surface area (Å²) in [6.45, 7) is 10.5. The first-order valence-electron chi connectivity index (χ1n) is 11.4. The van der Waals surface area contributed by atoms with E-state index >= 15 is 0 Å². The molecule has 3 aliphatic carbocycles. The van der Waals surface area contributed by atoms with Crippen LogP contribution in [-0.4, -0.2) is 29.8 Å². The summed E-state index contributed by atoms with van der Waals surface area (Å²) < 4.78 is 5.20. The van der Waals surface area contributed by atoms with Gasteiger partial charge in [-0.25, -0.2) is 0 Å². The van der Waals surface area contributed by atoms with E-state index in [0.717, 1.165) is 42.4 Å². The Morgan fingerprint density at radius 2 is 1.97 bits per heavy atom. The van der Waals surface area contributed by atoms with Crippen molar-refractivity contribution in [1.82, 2.24) is 0 Å². The summed E-state index contributed by atoms with van der Waals surface area (Å²) in [4.78, 5) is 38.2. The number of aliphatic carboxylic acids is 1. The first-order chi connectivity index (χ1) is 15.0. The normalized spacial score (nSPS) is 32.1. The van der Waals surface area contributed by atoms with Gasteiger partial charge in [0.05, 0.1) is 12.5 Å². The number of carbonyl (C=O) groups is 3. The number of allylic oxidation sites excluding steroid dienone is 3. The van der Waals surface area contributed by atoms with Gasteiger partial charge in [0.25, 0.3) is 0 Å². The Morgan fingerprint density at radius 3 is 2.62 bits per heavy atom. The molecule has 1 aromatic rings. The van der Waals surface area contributed by atoms with Crippen LogP contribution in [0, 0.1) is 29.6 Å². The van der Waals surface area contributed by atoms with E-state index in [1.165, 1.54) is 13.2 Å². The van der Waals surface area contributed by atoms with Crippen LogP contribution in [0.2, 0.25) is 0 Å². The van der Waals surface area contributed by atoms with Gasteiger partial charge >= 0.3 is 5.97 Å². The number of carbonyl (C=O) groups excluding carboxylic acids is 2. The topological polar surface area (TPSA) is 80.7 Å². The summed E-state index contributed by atoms with van der Waals surface area (Å²) in [5.74, 6) is -1.04. The second-order valence-corrected chi connectivity index (χ2v) is 10.3. The number of benzene rings is 1. The van der Waals surface area contributed by atoms with Crippen molar-refractivity contribution in [2.45, 2.75) is 59.3 Å². The van der Waals surface area contributed by atoms with E-state index < -0.39 is 11.4 Å². The molecule has 0 bridgehead atoms. The number of ketones is 2. The number of hydrogen-bond acceptors (Lipinski definition) is 4. The fourth-order valence-electron chi connectivity index (χ4n) is 6.80. The first kappa shape index (κ1) is 22.5. The zero-order chi connectivity index (χ0) is 23.4. The standard InChI is InChI=1S/C27H32O5/c1-15-7-9-17-20(28)14-21(32-5)24(29)23(17)18(15)13-19-16(2)8-10-22-26(19,3)11-6-12-27(22,4)25(30)31/h7,9,14,19,22H,2,6,8,10-13H2,1,3-5H3,(H,30,31)/t19-,22?,26+,27-/m0/s1. The summed E-state index contributed by atoms with van der Waals surface area (Å²) in [5.41, 5.74) is 2.80. The third-order valence-corrected chi connectivity index (χ3v) is 8.66. The highest BCUT2D eigenvalue weighted by Gasteiger charge is 2.57. The summed E-state index contributed by atoms with van der Waals surface area (Å²) in [6, 6.07) is 3.62. The largest absolute Gasteiger partial charge is 0.492 e. The van der Waals surface area contributed by atoms with Crippen LogP contribution in [-0.2, 0) is 16.0 Å². The molecule has 5 heteroatoms. The van der Waals surface area contributed by atoms with Crippen molar-refractivity contribution in [2.75, 3.05) is 7.11 Å². The van der Waals surface area contributed by atoms with Crippen LogP contribution < -0.4 is 0 Å². The van der Waals surface area contributed by atoms with Crippen molar-refractivity contribution in [3.8, 4) is 0 Å². The van der Waals surface area contributed by atoms with Gasteiger partial charge in [-0.05, 0) is 74.3 Å². The quantitative estimate of drug-likeness (QED) is 0.647. The second-order valence-electron chi connectivity index (χ2n) is 10.3. The molecule has 0 amide bonds. The van der Waals surface area contributed by atoms with Crippen molar-refractivity contribution in [1.29, 1.82) is 0 Å². The van der Waals surface area contributed by atoms with Crippen molar-refractivity contribution in [3.05, 3.63) is 58.4 Å². The molecule has 0 aromatic heterocycles. The third kappa shape index (κ3) is 3.16. The van der Waals surface area contributed by atoms with Crippen LogP contribution in [0.1, 0.15) is 77.8 Å². The monoisotopic (exact) mass is 436 g/mol. The Hall–Kier alpha value is -2.69. The van der Waals surface area contributed by atoms with E-state index in [-0.39, 0.29) is 34.6 Å². The van der Waals surface area contributed by atoms with E-state index in [0.29, 0.717) is 24.0 Å². The van der Waals surface area contributed by atoms with Gasteiger partial charge in [-0.15, -0.1) is 0 Å². The number of methoxy groups -OCH3 is 1. The number of ether oxygens (including phenoxy) is 1. The van der Waals surface area contributed by atoms with Crippen molar-refractivity contribution in [3.63, 3.8) is 0 Å². The van der Waals surface area contributed by atoms with Crippen LogP contribution in [0.5, 0.6) is 0 Å². The molecule has 0 radical (unpaired) electrons. The molecule has 1 N–H and O–H groups in total. The minimum Gasteiger partial charge on any atom is -0.492 e. The van der Waals surface area contributed by atoms with Crippen LogP contribution in [0.3, 0.4) is 0 Å². The molecule has 0 spiro atoms. The average Bonchev–Trinajstić information content (AvgIpc) is 2.73. The van der Waals surface area contributed by atoms with Gasteiger partial charge in [0.1, 0.15) is 0 Å². The van der Waals surface area contributed by atoms with Gasteiger partial charge in [0.15, 0.2) is 11.5 Å². The van der Waals surface area contributed by atoms with E-state index in [9.17, 15) is 19.5 Å². The first-order valence-corrected chi connectivity index (χ1v) is 11.4. The third-order valence-electron chi connectivity index (χ3n) is 8.66. The lowest BCUT2D eigenvalue weighted by Crippen LogP contribution is -2.53. The fourth-order valence-corrected chi connectivity index (χ4v) is 6.80. The SMILES string of the molecule is C=C1CCC2[C@](C)(CCC[C@]2(C)C(=O)O)[C@H]1Cc1c(C)ccc2c1C(=O)C(OC)=CC2=O. The predicted molar refractivity (Wildman–Crippen MR) is 122 cm³/mol.